The van der Waals surface area contributed by atoms with Crippen LogP contribution in [0.1, 0.15) is 31.2 Å². The van der Waals surface area contributed by atoms with Crippen LogP contribution in [0.25, 0.3) is 0 Å². The van der Waals surface area contributed by atoms with E-state index in [4.69, 9.17) is 16.1 Å². The molecule has 1 unspecified atom stereocenters. The van der Waals surface area contributed by atoms with Crippen molar-refractivity contribution in [1.82, 2.24) is 9.88 Å². The molecule has 0 radical (unpaired) electrons. The van der Waals surface area contributed by atoms with Crippen molar-refractivity contribution in [2.75, 3.05) is 6.54 Å². The Labute approximate surface area is 107 Å². The summed E-state index contributed by atoms with van der Waals surface area (Å²) in [7, 11) is -3.55. The highest BCUT2D eigenvalue weighted by atomic mass is 35.5. The van der Waals surface area contributed by atoms with Crippen LogP contribution < -0.4 is 4.72 Å². The molecule has 1 atom stereocenters. The minimum atomic E-state index is -3.55. The van der Waals surface area contributed by atoms with E-state index < -0.39 is 10.0 Å². The Morgan fingerprint density at radius 3 is 2.59 bits per heavy atom. The van der Waals surface area contributed by atoms with E-state index in [-0.39, 0.29) is 10.3 Å². The van der Waals surface area contributed by atoms with Gasteiger partial charge in [0.1, 0.15) is 10.6 Å². The van der Waals surface area contributed by atoms with Gasteiger partial charge in [0.25, 0.3) is 0 Å². The standard InChI is InChI=1S/C10H17ClN2O3S/c1-4-9(11)5-6-12-17(14,15)10-7(2)13-16-8(10)3/h9,12H,4-6H2,1-3H3. The van der Waals surface area contributed by atoms with Gasteiger partial charge in [0.2, 0.25) is 10.0 Å². The predicted octanol–water partition coefficient (Wildman–Crippen LogP) is 1.98. The fourth-order valence-electron chi connectivity index (χ4n) is 1.48. The van der Waals surface area contributed by atoms with Crippen LogP contribution in [0.4, 0.5) is 0 Å². The molecule has 0 aliphatic heterocycles. The van der Waals surface area contributed by atoms with E-state index >= 15 is 0 Å². The van der Waals surface area contributed by atoms with E-state index in [1.807, 2.05) is 6.92 Å². The zero-order valence-corrected chi connectivity index (χ0v) is 11.7. The molecule has 0 fully saturated rings. The maximum absolute atomic E-state index is 12.0. The number of alkyl halides is 1. The van der Waals surface area contributed by atoms with Crippen molar-refractivity contribution < 1.29 is 12.9 Å². The maximum Gasteiger partial charge on any atom is 0.245 e. The Morgan fingerprint density at radius 2 is 2.12 bits per heavy atom. The number of halogens is 1. The smallest absolute Gasteiger partial charge is 0.245 e. The molecular formula is C10H17ClN2O3S. The van der Waals surface area contributed by atoms with E-state index in [1.54, 1.807) is 13.8 Å². The van der Waals surface area contributed by atoms with Gasteiger partial charge in [-0.3, -0.25) is 0 Å². The summed E-state index contributed by atoms with van der Waals surface area (Å²) in [6, 6.07) is 0. The Hall–Kier alpha value is -0.590. The van der Waals surface area contributed by atoms with Crippen LogP contribution in [0, 0.1) is 13.8 Å². The summed E-state index contributed by atoms with van der Waals surface area (Å²) in [6.45, 7) is 5.45. The molecule has 1 N–H and O–H groups in total. The van der Waals surface area contributed by atoms with Crippen LogP contribution in [0.3, 0.4) is 0 Å². The van der Waals surface area contributed by atoms with Crippen LogP contribution in [-0.4, -0.2) is 25.5 Å². The zero-order valence-electron chi connectivity index (χ0n) is 10.2. The Morgan fingerprint density at radius 1 is 1.47 bits per heavy atom. The van der Waals surface area contributed by atoms with Crippen LogP contribution in [0.15, 0.2) is 9.42 Å². The molecule has 1 aromatic heterocycles. The van der Waals surface area contributed by atoms with Gasteiger partial charge >= 0.3 is 0 Å². The third-order valence-corrected chi connectivity index (χ3v) is 4.66. The summed E-state index contributed by atoms with van der Waals surface area (Å²) >= 11 is 5.92. The lowest BCUT2D eigenvalue weighted by atomic mass is 10.2. The fourth-order valence-corrected chi connectivity index (χ4v) is 2.97. The van der Waals surface area contributed by atoms with Gasteiger partial charge in [-0.1, -0.05) is 12.1 Å². The highest BCUT2D eigenvalue weighted by molar-refractivity contribution is 7.89. The van der Waals surface area contributed by atoms with Crippen molar-refractivity contribution in [3.63, 3.8) is 0 Å². The van der Waals surface area contributed by atoms with Gasteiger partial charge in [0.15, 0.2) is 5.76 Å². The Kier molecular flexibility index (Phi) is 4.97. The third kappa shape index (κ3) is 3.69. The van der Waals surface area contributed by atoms with Gasteiger partial charge < -0.3 is 4.52 Å². The number of nitrogens with one attached hydrogen (secondary N) is 1. The van der Waals surface area contributed by atoms with Crippen molar-refractivity contribution in [3.8, 4) is 0 Å². The van der Waals surface area contributed by atoms with Gasteiger partial charge in [0, 0.05) is 11.9 Å². The quantitative estimate of drug-likeness (QED) is 0.809. The zero-order chi connectivity index (χ0) is 13.1. The summed E-state index contributed by atoms with van der Waals surface area (Å²) in [5, 5.41) is 3.61. The number of sulfonamides is 1. The van der Waals surface area contributed by atoms with Crippen LogP contribution in [-0.2, 0) is 10.0 Å². The highest BCUT2D eigenvalue weighted by Crippen LogP contribution is 2.18. The molecule has 98 valence electrons. The maximum atomic E-state index is 12.0. The Balaban J connectivity index is 2.70. The average molecular weight is 281 g/mol. The first kappa shape index (κ1) is 14.5. The molecule has 0 aliphatic carbocycles. The summed E-state index contributed by atoms with van der Waals surface area (Å²) in [6.07, 6.45) is 1.41. The highest BCUT2D eigenvalue weighted by Gasteiger charge is 2.23. The molecule has 1 rings (SSSR count). The van der Waals surface area contributed by atoms with Gasteiger partial charge in [-0.25, -0.2) is 13.1 Å². The van der Waals surface area contributed by atoms with Crippen molar-refractivity contribution in [2.24, 2.45) is 0 Å². The monoisotopic (exact) mass is 280 g/mol. The average Bonchev–Trinajstić information content (AvgIpc) is 2.58. The van der Waals surface area contributed by atoms with E-state index in [1.165, 1.54) is 0 Å². The van der Waals surface area contributed by atoms with Crippen molar-refractivity contribution in [3.05, 3.63) is 11.5 Å². The van der Waals surface area contributed by atoms with Crippen LogP contribution >= 0.6 is 11.6 Å². The summed E-state index contributed by atoms with van der Waals surface area (Å²) < 4.78 is 31.2. The topological polar surface area (TPSA) is 72.2 Å². The lowest BCUT2D eigenvalue weighted by Gasteiger charge is -2.08. The number of rotatable bonds is 6. The van der Waals surface area contributed by atoms with Crippen molar-refractivity contribution >= 4 is 21.6 Å². The second-order valence-corrected chi connectivity index (χ2v) is 6.17. The minimum absolute atomic E-state index is 0.0117. The number of aryl methyl sites for hydroxylation is 2. The van der Waals surface area contributed by atoms with Crippen molar-refractivity contribution in [2.45, 2.75) is 43.9 Å². The van der Waals surface area contributed by atoms with E-state index in [0.717, 1.165) is 6.42 Å². The molecule has 1 heterocycles. The first-order valence-electron chi connectivity index (χ1n) is 5.45. The van der Waals surface area contributed by atoms with Crippen LogP contribution in [0.2, 0.25) is 0 Å². The van der Waals surface area contributed by atoms with E-state index in [2.05, 4.69) is 9.88 Å². The number of nitrogens with zero attached hydrogens (tertiary/aromatic N) is 1. The van der Waals surface area contributed by atoms with Crippen LogP contribution in [0.5, 0.6) is 0 Å². The van der Waals surface area contributed by atoms with Gasteiger partial charge in [0.05, 0.1) is 0 Å². The third-order valence-electron chi connectivity index (χ3n) is 2.43. The van der Waals surface area contributed by atoms with Gasteiger partial charge in [-0.05, 0) is 26.7 Å². The molecule has 0 aromatic carbocycles. The lowest BCUT2D eigenvalue weighted by molar-refractivity contribution is 0.390. The summed E-state index contributed by atoms with van der Waals surface area (Å²) in [5.74, 6) is 0.299. The first-order valence-corrected chi connectivity index (χ1v) is 7.37. The second-order valence-electron chi connectivity index (χ2n) is 3.85. The minimum Gasteiger partial charge on any atom is -0.360 e. The molecule has 17 heavy (non-hydrogen) atoms. The number of aromatic nitrogens is 1. The molecule has 0 saturated carbocycles. The fraction of sp³-hybridized carbons (Fsp3) is 0.700. The molecule has 0 spiro atoms. The molecule has 1 aromatic rings. The normalized spacial score (nSPS) is 13.9. The first-order chi connectivity index (χ1) is 7.88. The van der Waals surface area contributed by atoms with Crippen molar-refractivity contribution in [1.29, 1.82) is 0 Å². The number of hydrogen-bond donors (Lipinski definition) is 1. The van der Waals surface area contributed by atoms with E-state index in [0.29, 0.717) is 24.4 Å². The lowest BCUT2D eigenvalue weighted by Crippen LogP contribution is -2.27. The predicted molar refractivity (Wildman–Crippen MR) is 65.7 cm³/mol. The summed E-state index contributed by atoms with van der Waals surface area (Å²) in [4.78, 5) is 0.125. The SMILES string of the molecule is CCC(Cl)CCNS(=O)(=O)c1c(C)noc1C. The molecular weight excluding hydrogens is 264 g/mol. The van der Waals surface area contributed by atoms with E-state index in [9.17, 15) is 8.42 Å². The van der Waals surface area contributed by atoms with Gasteiger partial charge in [-0.15, -0.1) is 11.6 Å². The molecule has 0 bridgehead atoms. The molecule has 5 nitrogen and oxygen atoms in total. The summed E-state index contributed by atoms with van der Waals surface area (Å²) in [5.41, 5.74) is 0.368. The largest absolute Gasteiger partial charge is 0.360 e. The van der Waals surface area contributed by atoms with Gasteiger partial charge in [-0.2, -0.15) is 0 Å². The molecule has 0 amide bonds. The Bertz CT molecular complexity index is 450. The molecule has 7 heteroatoms. The number of hydrogen-bond acceptors (Lipinski definition) is 4. The molecule has 0 saturated heterocycles. The molecule has 0 aliphatic rings. The second kappa shape index (κ2) is 5.84.